The summed E-state index contributed by atoms with van der Waals surface area (Å²) >= 11 is 0. The molecule has 14 aromatic rings. The van der Waals surface area contributed by atoms with E-state index in [4.69, 9.17) is 14.4 Å². The van der Waals surface area contributed by atoms with Crippen LogP contribution in [0.4, 0.5) is 0 Å². The zero-order chi connectivity index (χ0) is 42.6. The number of rotatable bonds is 5. The van der Waals surface area contributed by atoms with Crippen molar-refractivity contribution in [2.24, 2.45) is 0 Å². The van der Waals surface area contributed by atoms with Gasteiger partial charge in [-0.2, -0.15) is 0 Å². The summed E-state index contributed by atoms with van der Waals surface area (Å²) in [5, 5.41) is 17.7. The van der Waals surface area contributed by atoms with Gasteiger partial charge in [0.2, 0.25) is 0 Å². The Morgan fingerprint density at radius 1 is 0.246 bits per heavy atom. The first-order valence-corrected chi connectivity index (χ1v) is 22.2. The van der Waals surface area contributed by atoms with Gasteiger partial charge >= 0.3 is 0 Å². The van der Waals surface area contributed by atoms with E-state index in [1.165, 1.54) is 75.8 Å². The summed E-state index contributed by atoms with van der Waals surface area (Å²) in [7, 11) is 0. The highest BCUT2D eigenvalue weighted by atomic mass is 16.3. The third-order valence-electron chi connectivity index (χ3n) is 13.6. The van der Waals surface area contributed by atoms with Crippen molar-refractivity contribution in [3.05, 3.63) is 218 Å². The fourth-order valence-corrected chi connectivity index (χ4v) is 10.5. The van der Waals surface area contributed by atoms with E-state index in [-0.39, 0.29) is 0 Å². The van der Waals surface area contributed by atoms with Crippen LogP contribution in [0.5, 0.6) is 0 Å². The molecule has 0 aliphatic carbocycles. The second-order valence-corrected chi connectivity index (χ2v) is 17.3. The van der Waals surface area contributed by atoms with Gasteiger partial charge < -0.3 is 4.42 Å². The molecule has 3 heteroatoms. The molecule has 0 amide bonds. The van der Waals surface area contributed by atoms with Gasteiger partial charge in [0, 0.05) is 27.5 Å². The number of hydrogen-bond acceptors (Lipinski definition) is 3. The predicted molar refractivity (Wildman–Crippen MR) is 273 cm³/mol. The van der Waals surface area contributed by atoms with E-state index in [0.717, 1.165) is 61.1 Å². The molecule has 2 heterocycles. The lowest BCUT2D eigenvalue weighted by Gasteiger charge is -2.17. The summed E-state index contributed by atoms with van der Waals surface area (Å²) < 4.78 is 6.15. The van der Waals surface area contributed by atoms with Crippen LogP contribution in [-0.4, -0.2) is 9.97 Å². The molecule has 0 radical (unpaired) electrons. The summed E-state index contributed by atoms with van der Waals surface area (Å²) in [5.74, 6) is 0.691. The lowest BCUT2D eigenvalue weighted by Crippen LogP contribution is -1.96. The lowest BCUT2D eigenvalue weighted by molar-refractivity contribution is 0.669. The van der Waals surface area contributed by atoms with Crippen LogP contribution in [-0.2, 0) is 0 Å². The molecule has 2 aromatic heterocycles. The second-order valence-electron chi connectivity index (χ2n) is 17.3. The smallest absolute Gasteiger partial charge is 0.160 e. The summed E-state index contributed by atoms with van der Waals surface area (Å²) in [6, 6.07) is 78.9. The van der Waals surface area contributed by atoms with Gasteiger partial charge in [-0.1, -0.05) is 176 Å². The normalized spacial score (nSPS) is 12.0. The summed E-state index contributed by atoms with van der Waals surface area (Å²) in [4.78, 5) is 10.2. The van der Waals surface area contributed by atoms with E-state index in [1.807, 2.05) is 36.4 Å². The third kappa shape index (κ3) is 5.62. The standard InChI is InChI=1S/C62H36N2O/c1-2-9-44(10-3-1)62-63-54(36-55(64-62)45-31-32-57-52(34-45)48-14-4-5-18-56(48)65-57)40-25-23-38(24-26-40)37-19-21-39(22-20-37)47-33-46-30-29-43-12-7-16-50-49-15-6-11-41-27-28-42-13-8-17-51(60(42)58(41)49)53(35-47)61(46)59(43)50/h1-36H. The molecule has 0 fully saturated rings. The van der Waals surface area contributed by atoms with Gasteiger partial charge in [0.25, 0.3) is 0 Å². The number of fused-ring (bicyclic) bond motifs is 5. The van der Waals surface area contributed by atoms with Gasteiger partial charge in [-0.25, -0.2) is 9.97 Å². The van der Waals surface area contributed by atoms with E-state index in [0.29, 0.717) is 5.82 Å². The molecule has 65 heavy (non-hydrogen) atoms. The van der Waals surface area contributed by atoms with E-state index >= 15 is 0 Å². The fourth-order valence-electron chi connectivity index (χ4n) is 10.5. The summed E-state index contributed by atoms with van der Waals surface area (Å²) in [6.07, 6.45) is 0. The minimum absolute atomic E-state index is 0.691. The molecule has 0 N–H and O–H groups in total. The van der Waals surface area contributed by atoms with E-state index < -0.39 is 0 Å². The van der Waals surface area contributed by atoms with Crippen LogP contribution in [0.2, 0.25) is 0 Å². The van der Waals surface area contributed by atoms with Crippen molar-refractivity contribution < 1.29 is 4.42 Å². The van der Waals surface area contributed by atoms with Crippen LogP contribution in [0.25, 0.3) is 143 Å². The maximum atomic E-state index is 6.15. The molecule has 0 spiro atoms. The van der Waals surface area contributed by atoms with Crippen LogP contribution < -0.4 is 0 Å². The van der Waals surface area contributed by atoms with Gasteiger partial charge in [-0.15, -0.1) is 0 Å². The van der Waals surface area contributed by atoms with Crippen molar-refractivity contribution in [2.45, 2.75) is 0 Å². The quantitative estimate of drug-likeness (QED) is 0.162. The Balaban J connectivity index is 0.860. The minimum atomic E-state index is 0.691. The molecule has 0 aliphatic rings. The molecular weight excluding hydrogens is 789 g/mol. The molecule has 0 unspecified atom stereocenters. The maximum absolute atomic E-state index is 6.15. The Morgan fingerprint density at radius 3 is 1.35 bits per heavy atom. The highest BCUT2D eigenvalue weighted by molar-refractivity contribution is 6.37. The van der Waals surface area contributed by atoms with E-state index in [1.54, 1.807) is 0 Å². The number of benzene rings is 11. The molecule has 12 aromatic carbocycles. The van der Waals surface area contributed by atoms with Crippen LogP contribution in [0, 0.1) is 0 Å². The number of para-hydroxylation sites is 1. The van der Waals surface area contributed by atoms with Crippen molar-refractivity contribution in [2.75, 3.05) is 0 Å². The first kappa shape index (κ1) is 35.9. The van der Waals surface area contributed by atoms with Crippen LogP contribution in [0.1, 0.15) is 0 Å². The molecule has 0 saturated carbocycles. The average molecular weight is 825 g/mol. The van der Waals surface area contributed by atoms with E-state index in [2.05, 4.69) is 182 Å². The first-order chi connectivity index (χ1) is 32.2. The van der Waals surface area contributed by atoms with Crippen molar-refractivity contribution >= 4 is 86.6 Å². The second kappa shape index (κ2) is 13.9. The van der Waals surface area contributed by atoms with Crippen molar-refractivity contribution in [3.63, 3.8) is 0 Å². The molecule has 0 saturated heterocycles. The van der Waals surface area contributed by atoms with Gasteiger partial charge in [0.15, 0.2) is 5.82 Å². The van der Waals surface area contributed by atoms with E-state index in [9.17, 15) is 0 Å². The number of furan rings is 1. The Bertz CT molecular complexity index is 4200. The highest BCUT2D eigenvalue weighted by Crippen LogP contribution is 2.45. The topological polar surface area (TPSA) is 38.9 Å². The Labute approximate surface area is 373 Å². The Hall–Kier alpha value is -8.66. The average Bonchev–Trinajstić information content (AvgIpc) is 3.75. The highest BCUT2D eigenvalue weighted by Gasteiger charge is 2.18. The minimum Gasteiger partial charge on any atom is -0.456 e. The first-order valence-electron chi connectivity index (χ1n) is 22.2. The van der Waals surface area contributed by atoms with Gasteiger partial charge in [0.05, 0.1) is 11.4 Å². The molecular formula is C62H36N2O. The zero-order valence-corrected chi connectivity index (χ0v) is 35.1. The van der Waals surface area contributed by atoms with Crippen molar-refractivity contribution in [1.29, 1.82) is 0 Å². The fraction of sp³-hybridized carbons (Fsp3) is 0. The lowest BCUT2D eigenvalue weighted by atomic mass is 9.86. The number of aromatic nitrogens is 2. The van der Waals surface area contributed by atoms with Gasteiger partial charge in [-0.05, 0) is 129 Å². The maximum Gasteiger partial charge on any atom is 0.160 e. The van der Waals surface area contributed by atoms with Crippen LogP contribution in [0.3, 0.4) is 0 Å². The largest absolute Gasteiger partial charge is 0.456 e. The zero-order valence-electron chi connectivity index (χ0n) is 35.1. The van der Waals surface area contributed by atoms with Crippen molar-refractivity contribution in [3.8, 4) is 56.2 Å². The third-order valence-corrected chi connectivity index (χ3v) is 13.6. The Kier molecular flexibility index (Phi) is 7.69. The summed E-state index contributed by atoms with van der Waals surface area (Å²) in [6.45, 7) is 0. The molecule has 0 atom stereocenters. The Morgan fingerprint density at radius 2 is 0.708 bits per heavy atom. The van der Waals surface area contributed by atoms with Gasteiger partial charge in [0.1, 0.15) is 11.2 Å². The van der Waals surface area contributed by atoms with Crippen LogP contribution in [0.15, 0.2) is 223 Å². The molecule has 14 rings (SSSR count). The predicted octanol–water partition coefficient (Wildman–Crippen LogP) is 17.1. The SMILES string of the molecule is c1ccc(-c2nc(-c3ccc(-c4ccc(-c5cc6ccc7cccc8c9cccc%10ccc%11cccc(c(c5)c6c78)c%11c%109)cc4)cc3)cc(-c3ccc4oc5ccccc5c4c3)n2)cc1. The molecule has 0 aliphatic heterocycles. The molecule has 0 bridgehead atoms. The molecule has 300 valence electrons. The monoisotopic (exact) mass is 824 g/mol. The van der Waals surface area contributed by atoms with Crippen molar-refractivity contribution in [1.82, 2.24) is 9.97 Å². The number of nitrogens with zero attached hydrogens (tertiary/aromatic N) is 2. The van der Waals surface area contributed by atoms with Crippen LogP contribution >= 0.6 is 0 Å². The molecule has 3 nitrogen and oxygen atoms in total. The van der Waals surface area contributed by atoms with Gasteiger partial charge in [-0.3, -0.25) is 0 Å². The summed E-state index contributed by atoms with van der Waals surface area (Å²) in [5.41, 5.74) is 11.2. The number of hydrogen-bond donors (Lipinski definition) is 0.